The summed E-state index contributed by atoms with van der Waals surface area (Å²) in [4.78, 5) is 13.8. The smallest absolute Gasteiger partial charge is 0.234 e. The van der Waals surface area contributed by atoms with E-state index in [1.54, 1.807) is 0 Å². The van der Waals surface area contributed by atoms with Gasteiger partial charge in [0.15, 0.2) is 0 Å². The molecule has 0 bridgehead atoms. The zero-order valence-corrected chi connectivity index (χ0v) is 12.5. The highest BCUT2D eigenvalue weighted by Gasteiger charge is 2.37. The predicted molar refractivity (Wildman–Crippen MR) is 81.4 cm³/mol. The number of hydrogen-bond acceptors (Lipinski definition) is 3. The van der Waals surface area contributed by atoms with Gasteiger partial charge in [0, 0.05) is 11.1 Å². The Bertz CT molecular complexity index is 480. The lowest BCUT2D eigenvalue weighted by Crippen LogP contribution is -2.48. The number of hydrogen-bond donors (Lipinski definition) is 2. The Morgan fingerprint density at radius 2 is 2.20 bits per heavy atom. The van der Waals surface area contributed by atoms with Gasteiger partial charge in [0.05, 0.1) is 12.1 Å². The Balaban J connectivity index is 2.38. The van der Waals surface area contributed by atoms with E-state index in [9.17, 15) is 4.79 Å². The molecule has 1 aliphatic heterocycles. The first-order valence-corrected chi connectivity index (χ1v) is 7.49. The van der Waals surface area contributed by atoms with E-state index in [1.165, 1.54) is 0 Å². The van der Waals surface area contributed by atoms with Gasteiger partial charge in [-0.1, -0.05) is 36.7 Å². The maximum absolute atomic E-state index is 11.7. The highest BCUT2D eigenvalue weighted by atomic mass is 35.5. The maximum Gasteiger partial charge on any atom is 0.234 e. The summed E-state index contributed by atoms with van der Waals surface area (Å²) in [5, 5.41) is 0.691. The molecule has 4 N–H and O–H groups in total. The van der Waals surface area contributed by atoms with Crippen molar-refractivity contribution in [3.05, 3.63) is 34.9 Å². The summed E-state index contributed by atoms with van der Waals surface area (Å²) in [5.74, 6) is -0.275. The molecule has 1 aliphatic rings. The molecule has 1 aromatic carbocycles. The van der Waals surface area contributed by atoms with Crippen molar-refractivity contribution < 1.29 is 4.79 Å². The third kappa shape index (κ3) is 2.97. The second-order valence-corrected chi connectivity index (χ2v) is 5.74. The van der Waals surface area contributed by atoms with Crippen LogP contribution in [0.3, 0.4) is 0 Å². The first-order valence-electron chi connectivity index (χ1n) is 7.11. The van der Waals surface area contributed by atoms with Crippen molar-refractivity contribution in [1.29, 1.82) is 0 Å². The molecule has 1 fully saturated rings. The Hall–Kier alpha value is -1.10. The molecular formula is C15H22ClN3O. The second kappa shape index (κ2) is 6.57. The van der Waals surface area contributed by atoms with E-state index in [0.717, 1.165) is 31.4 Å². The summed E-state index contributed by atoms with van der Waals surface area (Å²) >= 11 is 6.33. The van der Waals surface area contributed by atoms with Gasteiger partial charge in [-0.3, -0.25) is 9.69 Å². The Morgan fingerprint density at radius 3 is 2.80 bits per heavy atom. The fourth-order valence-corrected chi connectivity index (χ4v) is 3.27. The summed E-state index contributed by atoms with van der Waals surface area (Å²) in [5.41, 5.74) is 12.8. The molecule has 4 nitrogen and oxygen atoms in total. The molecule has 20 heavy (non-hydrogen) atoms. The molecule has 110 valence electrons. The quantitative estimate of drug-likeness (QED) is 0.873. The minimum absolute atomic E-state index is 0.0614. The molecule has 0 aliphatic carbocycles. The van der Waals surface area contributed by atoms with Crippen LogP contribution in [0, 0.1) is 0 Å². The summed E-state index contributed by atoms with van der Waals surface area (Å²) in [7, 11) is 0. The third-order valence-corrected chi connectivity index (χ3v) is 4.42. The lowest BCUT2D eigenvalue weighted by atomic mass is 9.95. The summed E-state index contributed by atoms with van der Waals surface area (Å²) < 4.78 is 0. The van der Waals surface area contributed by atoms with Gasteiger partial charge in [0.2, 0.25) is 5.91 Å². The van der Waals surface area contributed by atoms with E-state index in [0.29, 0.717) is 5.02 Å². The van der Waals surface area contributed by atoms with Gasteiger partial charge in [-0.25, -0.2) is 0 Å². The van der Waals surface area contributed by atoms with E-state index >= 15 is 0 Å². The lowest BCUT2D eigenvalue weighted by molar-refractivity contribution is -0.123. The Morgan fingerprint density at radius 1 is 1.50 bits per heavy atom. The van der Waals surface area contributed by atoms with Crippen LogP contribution >= 0.6 is 11.6 Å². The number of nitrogens with zero attached hydrogens (tertiary/aromatic N) is 1. The maximum atomic E-state index is 11.7. The van der Waals surface area contributed by atoms with Crippen molar-refractivity contribution in [2.45, 2.75) is 44.3 Å². The number of likely N-dealkylation sites (tertiary alicyclic amines) is 1. The number of carbonyl (C=O) groups excluding carboxylic acids is 1. The second-order valence-electron chi connectivity index (χ2n) is 5.34. The van der Waals surface area contributed by atoms with Crippen LogP contribution in [-0.2, 0) is 4.79 Å². The lowest BCUT2D eigenvalue weighted by Gasteiger charge is -2.36. The van der Waals surface area contributed by atoms with Crippen molar-refractivity contribution in [2.24, 2.45) is 11.5 Å². The molecule has 0 saturated carbocycles. The number of rotatable bonds is 5. The Labute approximate surface area is 125 Å². The van der Waals surface area contributed by atoms with Crippen LogP contribution < -0.4 is 11.5 Å². The molecule has 1 heterocycles. The average Bonchev–Trinajstić information content (AvgIpc) is 2.90. The zero-order chi connectivity index (χ0) is 14.7. The van der Waals surface area contributed by atoms with Crippen LogP contribution in [0.15, 0.2) is 24.3 Å². The predicted octanol–water partition coefficient (Wildman–Crippen LogP) is 2.07. The van der Waals surface area contributed by atoms with Crippen LogP contribution in [0.5, 0.6) is 0 Å². The van der Waals surface area contributed by atoms with Crippen LogP contribution in [0.25, 0.3) is 0 Å². The van der Waals surface area contributed by atoms with E-state index in [1.807, 2.05) is 31.2 Å². The molecule has 3 atom stereocenters. The molecule has 0 spiro atoms. The van der Waals surface area contributed by atoms with Gasteiger partial charge >= 0.3 is 0 Å². The van der Waals surface area contributed by atoms with Crippen molar-refractivity contribution in [1.82, 2.24) is 4.90 Å². The standard InChI is InChI=1S/C15H22ClN3O/c1-2-12(17)14(10-6-3-4-7-11(10)16)19-9-5-8-13(19)15(18)20/h3-4,6-7,12-14H,2,5,8-9,17H2,1H3,(H2,18,20). The van der Waals surface area contributed by atoms with Crippen molar-refractivity contribution in [3.63, 3.8) is 0 Å². The minimum atomic E-state index is -0.275. The van der Waals surface area contributed by atoms with Gasteiger partial charge in [-0.05, 0) is 37.4 Å². The van der Waals surface area contributed by atoms with Gasteiger partial charge < -0.3 is 11.5 Å². The number of amides is 1. The first-order chi connectivity index (χ1) is 9.56. The van der Waals surface area contributed by atoms with Crippen LogP contribution in [0.4, 0.5) is 0 Å². The number of nitrogens with two attached hydrogens (primary N) is 2. The molecule has 1 aromatic rings. The molecule has 3 unspecified atom stereocenters. The van der Waals surface area contributed by atoms with Crippen LogP contribution in [-0.4, -0.2) is 29.4 Å². The van der Waals surface area contributed by atoms with E-state index in [4.69, 9.17) is 23.1 Å². The van der Waals surface area contributed by atoms with E-state index in [-0.39, 0.29) is 24.0 Å². The number of benzene rings is 1. The fraction of sp³-hybridized carbons (Fsp3) is 0.533. The molecule has 0 radical (unpaired) electrons. The number of primary amides is 1. The van der Waals surface area contributed by atoms with Gasteiger partial charge in [0.1, 0.15) is 0 Å². The highest BCUT2D eigenvalue weighted by Crippen LogP contribution is 2.35. The van der Waals surface area contributed by atoms with Crippen molar-refractivity contribution in [2.75, 3.05) is 6.54 Å². The fourth-order valence-electron chi connectivity index (χ4n) is 3.02. The highest BCUT2D eigenvalue weighted by molar-refractivity contribution is 6.31. The largest absolute Gasteiger partial charge is 0.368 e. The van der Waals surface area contributed by atoms with E-state index < -0.39 is 0 Å². The van der Waals surface area contributed by atoms with Crippen LogP contribution in [0.1, 0.15) is 37.8 Å². The number of halogens is 1. The van der Waals surface area contributed by atoms with Crippen molar-refractivity contribution >= 4 is 17.5 Å². The van der Waals surface area contributed by atoms with Gasteiger partial charge in [-0.2, -0.15) is 0 Å². The number of carbonyl (C=O) groups is 1. The van der Waals surface area contributed by atoms with E-state index in [2.05, 4.69) is 4.90 Å². The summed E-state index contributed by atoms with van der Waals surface area (Å²) in [6.07, 6.45) is 2.58. The van der Waals surface area contributed by atoms with Crippen molar-refractivity contribution in [3.8, 4) is 0 Å². The summed E-state index contributed by atoms with van der Waals surface area (Å²) in [6.45, 7) is 2.88. The minimum Gasteiger partial charge on any atom is -0.368 e. The molecule has 1 saturated heterocycles. The van der Waals surface area contributed by atoms with Gasteiger partial charge in [-0.15, -0.1) is 0 Å². The normalized spacial score (nSPS) is 22.6. The third-order valence-electron chi connectivity index (χ3n) is 4.08. The van der Waals surface area contributed by atoms with Gasteiger partial charge in [0.25, 0.3) is 0 Å². The van der Waals surface area contributed by atoms with Crippen LogP contribution in [0.2, 0.25) is 5.02 Å². The molecule has 2 rings (SSSR count). The molecule has 0 aromatic heterocycles. The first kappa shape index (κ1) is 15.3. The monoisotopic (exact) mass is 295 g/mol. The molecular weight excluding hydrogens is 274 g/mol. The summed E-state index contributed by atoms with van der Waals surface area (Å²) in [6, 6.07) is 7.32. The average molecular weight is 296 g/mol. The Kier molecular flexibility index (Phi) is 5.02. The SMILES string of the molecule is CCC(N)C(c1ccccc1Cl)N1CCCC1C(N)=O. The topological polar surface area (TPSA) is 72.3 Å². The molecule has 1 amide bonds. The zero-order valence-electron chi connectivity index (χ0n) is 11.8. The molecule has 5 heteroatoms.